The molecule has 2 aromatic rings. The highest BCUT2D eigenvalue weighted by molar-refractivity contribution is 5.77. The van der Waals surface area contributed by atoms with Crippen molar-refractivity contribution in [3.8, 4) is 11.5 Å². The van der Waals surface area contributed by atoms with Crippen LogP contribution in [0.3, 0.4) is 0 Å². The van der Waals surface area contributed by atoms with Gasteiger partial charge in [-0.15, -0.1) is 0 Å². The third kappa shape index (κ3) is 5.80. The van der Waals surface area contributed by atoms with E-state index in [4.69, 9.17) is 9.47 Å². The molecule has 0 aliphatic heterocycles. The molecule has 0 atom stereocenters. The summed E-state index contributed by atoms with van der Waals surface area (Å²) in [5.74, 6) is 0.209. The summed E-state index contributed by atoms with van der Waals surface area (Å²) in [7, 11) is 1.43. The van der Waals surface area contributed by atoms with Crippen LogP contribution < -0.4 is 14.8 Å². The number of methoxy groups -OCH3 is 1. The zero-order valence-electron chi connectivity index (χ0n) is 13.9. The van der Waals surface area contributed by atoms with Crippen LogP contribution >= 0.6 is 0 Å². The van der Waals surface area contributed by atoms with E-state index in [0.29, 0.717) is 12.3 Å². The SMILES string of the molecule is COc1ccc([N+](=O)[O-])cc1OCC(=O)NCCCc1ccccc1. The van der Waals surface area contributed by atoms with Crippen molar-refractivity contribution in [2.24, 2.45) is 0 Å². The number of carbonyl (C=O) groups excluding carboxylic acids is 1. The monoisotopic (exact) mass is 344 g/mol. The van der Waals surface area contributed by atoms with Crippen LogP contribution in [0.5, 0.6) is 11.5 Å². The molecule has 7 nitrogen and oxygen atoms in total. The molecule has 0 saturated heterocycles. The fourth-order valence-electron chi connectivity index (χ4n) is 2.25. The quantitative estimate of drug-likeness (QED) is 0.429. The molecule has 0 radical (unpaired) electrons. The van der Waals surface area contributed by atoms with Gasteiger partial charge in [-0.05, 0) is 24.5 Å². The van der Waals surface area contributed by atoms with Crippen LogP contribution in [-0.4, -0.2) is 31.1 Å². The molecule has 0 heterocycles. The van der Waals surface area contributed by atoms with E-state index >= 15 is 0 Å². The summed E-state index contributed by atoms with van der Waals surface area (Å²) in [6.45, 7) is 0.298. The minimum absolute atomic E-state index is 0.126. The van der Waals surface area contributed by atoms with Crippen LogP contribution in [0.1, 0.15) is 12.0 Å². The van der Waals surface area contributed by atoms with E-state index in [2.05, 4.69) is 5.32 Å². The van der Waals surface area contributed by atoms with Crippen LogP contribution in [0.4, 0.5) is 5.69 Å². The molecule has 2 rings (SSSR count). The number of aryl methyl sites for hydroxylation is 1. The summed E-state index contributed by atoms with van der Waals surface area (Å²) in [6, 6.07) is 14.0. The Hall–Kier alpha value is -3.09. The Balaban J connectivity index is 1.77. The summed E-state index contributed by atoms with van der Waals surface area (Å²) < 4.78 is 10.4. The molecular formula is C18H20N2O5. The first-order chi connectivity index (χ1) is 12.1. The molecule has 0 aromatic heterocycles. The maximum atomic E-state index is 11.8. The number of nitrogens with one attached hydrogen (secondary N) is 1. The van der Waals surface area contributed by atoms with Gasteiger partial charge in [-0.25, -0.2) is 0 Å². The lowest BCUT2D eigenvalue weighted by Gasteiger charge is -2.10. The molecule has 0 aliphatic carbocycles. The zero-order valence-corrected chi connectivity index (χ0v) is 13.9. The number of hydrogen-bond acceptors (Lipinski definition) is 5. The first kappa shape index (κ1) is 18.3. The average molecular weight is 344 g/mol. The van der Waals surface area contributed by atoms with E-state index < -0.39 is 4.92 Å². The van der Waals surface area contributed by atoms with Crippen molar-refractivity contribution in [1.29, 1.82) is 0 Å². The van der Waals surface area contributed by atoms with Crippen molar-refractivity contribution in [1.82, 2.24) is 5.32 Å². The summed E-state index contributed by atoms with van der Waals surface area (Å²) >= 11 is 0. The Morgan fingerprint density at radius 2 is 1.92 bits per heavy atom. The van der Waals surface area contributed by atoms with Crippen LogP contribution in [-0.2, 0) is 11.2 Å². The van der Waals surface area contributed by atoms with Gasteiger partial charge in [-0.2, -0.15) is 0 Å². The molecule has 7 heteroatoms. The lowest BCUT2D eigenvalue weighted by atomic mass is 10.1. The van der Waals surface area contributed by atoms with Crippen LogP contribution in [0, 0.1) is 10.1 Å². The molecule has 1 amide bonds. The fourth-order valence-corrected chi connectivity index (χ4v) is 2.25. The number of nitro groups is 1. The second-order valence-electron chi connectivity index (χ2n) is 5.32. The number of benzene rings is 2. The van der Waals surface area contributed by atoms with E-state index in [1.165, 1.54) is 30.9 Å². The number of hydrogen-bond donors (Lipinski definition) is 1. The highest BCUT2D eigenvalue weighted by atomic mass is 16.6. The number of ether oxygens (including phenoxy) is 2. The molecule has 0 saturated carbocycles. The number of carbonyl (C=O) groups is 1. The highest BCUT2D eigenvalue weighted by Crippen LogP contribution is 2.30. The Labute approximate surface area is 145 Å². The van der Waals surface area contributed by atoms with E-state index in [1.807, 2.05) is 30.3 Å². The zero-order chi connectivity index (χ0) is 18.1. The number of non-ortho nitro benzene ring substituents is 1. The van der Waals surface area contributed by atoms with E-state index in [-0.39, 0.29) is 24.0 Å². The molecule has 0 unspecified atom stereocenters. The standard InChI is InChI=1S/C18H20N2O5/c1-24-16-10-9-15(20(22)23)12-17(16)25-13-18(21)19-11-5-8-14-6-3-2-4-7-14/h2-4,6-7,9-10,12H,5,8,11,13H2,1H3,(H,19,21). The number of nitro benzene ring substituents is 1. The molecule has 2 aromatic carbocycles. The van der Waals surface area contributed by atoms with Gasteiger partial charge in [-0.3, -0.25) is 14.9 Å². The normalized spacial score (nSPS) is 10.1. The molecule has 0 aliphatic rings. The maximum absolute atomic E-state index is 11.8. The number of amides is 1. The van der Waals surface area contributed by atoms with Gasteiger partial charge in [0.05, 0.1) is 18.1 Å². The summed E-state index contributed by atoms with van der Waals surface area (Å²) in [5, 5.41) is 13.6. The molecule has 0 fully saturated rings. The largest absolute Gasteiger partial charge is 0.493 e. The molecule has 0 bridgehead atoms. The van der Waals surface area contributed by atoms with Crippen LogP contribution in [0.25, 0.3) is 0 Å². The van der Waals surface area contributed by atoms with Gasteiger partial charge in [0.2, 0.25) is 0 Å². The molecule has 132 valence electrons. The van der Waals surface area contributed by atoms with E-state index in [0.717, 1.165) is 12.8 Å². The summed E-state index contributed by atoms with van der Waals surface area (Å²) in [5.41, 5.74) is 1.09. The molecule has 1 N–H and O–H groups in total. The Kier molecular flexibility index (Phi) is 6.76. The maximum Gasteiger partial charge on any atom is 0.273 e. The summed E-state index contributed by atoms with van der Waals surface area (Å²) in [4.78, 5) is 22.1. The third-order valence-electron chi connectivity index (χ3n) is 3.52. The highest BCUT2D eigenvalue weighted by Gasteiger charge is 2.13. The first-order valence-corrected chi connectivity index (χ1v) is 7.86. The van der Waals surface area contributed by atoms with E-state index in [9.17, 15) is 14.9 Å². The Morgan fingerprint density at radius 3 is 2.60 bits per heavy atom. The topological polar surface area (TPSA) is 90.7 Å². The van der Waals surface area contributed by atoms with Crippen molar-refractivity contribution in [2.75, 3.05) is 20.3 Å². The van der Waals surface area contributed by atoms with Gasteiger partial charge in [0, 0.05) is 12.6 Å². The van der Waals surface area contributed by atoms with Gasteiger partial charge >= 0.3 is 0 Å². The van der Waals surface area contributed by atoms with E-state index in [1.54, 1.807) is 0 Å². The van der Waals surface area contributed by atoms with Crippen molar-refractivity contribution in [3.63, 3.8) is 0 Å². The van der Waals surface area contributed by atoms with Crippen LogP contribution in [0.15, 0.2) is 48.5 Å². The predicted molar refractivity (Wildman–Crippen MR) is 92.9 cm³/mol. The fraction of sp³-hybridized carbons (Fsp3) is 0.278. The minimum Gasteiger partial charge on any atom is -0.493 e. The van der Waals surface area contributed by atoms with Crippen molar-refractivity contribution >= 4 is 11.6 Å². The Morgan fingerprint density at radius 1 is 1.16 bits per heavy atom. The lowest BCUT2D eigenvalue weighted by molar-refractivity contribution is -0.385. The van der Waals surface area contributed by atoms with Crippen LogP contribution in [0.2, 0.25) is 0 Å². The molecular weight excluding hydrogens is 324 g/mol. The molecule has 25 heavy (non-hydrogen) atoms. The average Bonchev–Trinajstić information content (AvgIpc) is 2.64. The second-order valence-corrected chi connectivity index (χ2v) is 5.32. The van der Waals surface area contributed by atoms with Gasteiger partial charge in [0.1, 0.15) is 0 Å². The van der Waals surface area contributed by atoms with Gasteiger partial charge in [-0.1, -0.05) is 30.3 Å². The van der Waals surface area contributed by atoms with Crippen molar-refractivity contribution in [3.05, 3.63) is 64.2 Å². The third-order valence-corrected chi connectivity index (χ3v) is 3.52. The van der Waals surface area contributed by atoms with Gasteiger partial charge in [0.15, 0.2) is 18.1 Å². The number of rotatable bonds is 9. The van der Waals surface area contributed by atoms with Gasteiger partial charge in [0.25, 0.3) is 11.6 Å². The number of nitrogens with zero attached hydrogens (tertiary/aromatic N) is 1. The van der Waals surface area contributed by atoms with Gasteiger partial charge < -0.3 is 14.8 Å². The van der Waals surface area contributed by atoms with Crippen molar-refractivity contribution in [2.45, 2.75) is 12.8 Å². The summed E-state index contributed by atoms with van der Waals surface area (Å²) in [6.07, 6.45) is 1.69. The lowest BCUT2D eigenvalue weighted by Crippen LogP contribution is -2.30. The van der Waals surface area contributed by atoms with Crippen molar-refractivity contribution < 1.29 is 19.2 Å². The Bertz CT molecular complexity index is 719. The predicted octanol–water partition coefficient (Wildman–Crippen LogP) is 2.73. The molecule has 0 spiro atoms. The second kappa shape index (κ2) is 9.27. The minimum atomic E-state index is -0.532. The first-order valence-electron chi connectivity index (χ1n) is 7.86. The smallest absolute Gasteiger partial charge is 0.273 e.